The SMILES string of the molecule is Nc1ccc(CN2CCN(C3CCCC3)CC2)nc1. The van der Waals surface area contributed by atoms with E-state index < -0.39 is 0 Å². The van der Waals surface area contributed by atoms with Crippen LogP contribution in [-0.2, 0) is 6.54 Å². The van der Waals surface area contributed by atoms with E-state index in [1.165, 1.54) is 51.9 Å². The first-order valence-corrected chi connectivity index (χ1v) is 7.48. The highest BCUT2D eigenvalue weighted by molar-refractivity contribution is 5.34. The van der Waals surface area contributed by atoms with Gasteiger partial charge in [0.15, 0.2) is 0 Å². The van der Waals surface area contributed by atoms with Crippen LogP contribution in [0.5, 0.6) is 0 Å². The van der Waals surface area contributed by atoms with E-state index in [-0.39, 0.29) is 0 Å². The summed E-state index contributed by atoms with van der Waals surface area (Å²) in [5.41, 5.74) is 7.54. The number of pyridine rings is 1. The standard InChI is InChI=1S/C15H24N4/c16-13-5-6-14(17-11-13)12-18-7-9-19(10-8-18)15-3-1-2-4-15/h5-6,11,15H,1-4,7-10,12,16H2. The fourth-order valence-corrected chi connectivity index (χ4v) is 3.31. The van der Waals surface area contributed by atoms with E-state index in [2.05, 4.69) is 14.8 Å². The monoisotopic (exact) mass is 260 g/mol. The fraction of sp³-hybridized carbons (Fsp3) is 0.667. The summed E-state index contributed by atoms with van der Waals surface area (Å²) < 4.78 is 0. The summed E-state index contributed by atoms with van der Waals surface area (Å²) in [6.07, 6.45) is 7.45. The molecule has 1 aromatic heterocycles. The minimum absolute atomic E-state index is 0.745. The van der Waals surface area contributed by atoms with Crippen molar-refractivity contribution in [1.29, 1.82) is 0 Å². The molecule has 104 valence electrons. The van der Waals surface area contributed by atoms with Crippen molar-refractivity contribution in [3.05, 3.63) is 24.0 Å². The maximum atomic E-state index is 5.67. The molecule has 0 unspecified atom stereocenters. The molecule has 1 saturated carbocycles. The zero-order chi connectivity index (χ0) is 13.1. The summed E-state index contributed by atoms with van der Waals surface area (Å²) in [5.74, 6) is 0. The van der Waals surface area contributed by atoms with Gasteiger partial charge in [0.1, 0.15) is 0 Å². The predicted molar refractivity (Wildman–Crippen MR) is 77.8 cm³/mol. The lowest BCUT2D eigenvalue weighted by Gasteiger charge is -2.37. The summed E-state index contributed by atoms with van der Waals surface area (Å²) in [5, 5.41) is 0. The molecule has 0 aromatic carbocycles. The minimum atomic E-state index is 0.745. The highest BCUT2D eigenvalue weighted by Crippen LogP contribution is 2.24. The van der Waals surface area contributed by atoms with E-state index in [4.69, 9.17) is 5.73 Å². The van der Waals surface area contributed by atoms with Gasteiger partial charge >= 0.3 is 0 Å². The number of nitrogens with two attached hydrogens (primary N) is 1. The van der Waals surface area contributed by atoms with Crippen molar-refractivity contribution in [2.45, 2.75) is 38.3 Å². The molecule has 0 amide bonds. The van der Waals surface area contributed by atoms with Crippen LogP contribution in [0, 0.1) is 0 Å². The zero-order valence-corrected chi connectivity index (χ0v) is 11.6. The Balaban J connectivity index is 1.48. The third-order valence-electron chi connectivity index (χ3n) is 4.48. The summed E-state index contributed by atoms with van der Waals surface area (Å²) in [6.45, 7) is 5.74. The Labute approximate surface area is 115 Å². The molecule has 1 aliphatic carbocycles. The number of nitrogen functional groups attached to an aromatic ring is 1. The molecule has 0 atom stereocenters. The number of aromatic nitrogens is 1. The lowest BCUT2D eigenvalue weighted by atomic mass is 10.2. The molecule has 2 heterocycles. The average molecular weight is 260 g/mol. The lowest BCUT2D eigenvalue weighted by molar-refractivity contribution is 0.0930. The normalized spacial score (nSPS) is 22.9. The van der Waals surface area contributed by atoms with Crippen molar-refractivity contribution in [2.75, 3.05) is 31.9 Å². The maximum absolute atomic E-state index is 5.67. The first-order valence-electron chi connectivity index (χ1n) is 7.48. The Morgan fingerprint density at radius 1 is 1.11 bits per heavy atom. The van der Waals surface area contributed by atoms with Crippen LogP contribution in [-0.4, -0.2) is 47.0 Å². The van der Waals surface area contributed by atoms with Gasteiger partial charge in [-0.1, -0.05) is 12.8 Å². The maximum Gasteiger partial charge on any atom is 0.0545 e. The molecule has 2 fully saturated rings. The van der Waals surface area contributed by atoms with Gasteiger partial charge in [0.2, 0.25) is 0 Å². The van der Waals surface area contributed by atoms with Gasteiger partial charge in [-0.15, -0.1) is 0 Å². The Kier molecular flexibility index (Phi) is 3.99. The molecule has 4 heteroatoms. The molecule has 19 heavy (non-hydrogen) atoms. The van der Waals surface area contributed by atoms with Crippen molar-refractivity contribution in [3.8, 4) is 0 Å². The first kappa shape index (κ1) is 12.9. The molecule has 0 bridgehead atoms. The van der Waals surface area contributed by atoms with Crippen LogP contribution >= 0.6 is 0 Å². The Hall–Kier alpha value is -1.13. The molecule has 3 rings (SSSR count). The minimum Gasteiger partial charge on any atom is -0.397 e. The molecule has 0 spiro atoms. The second kappa shape index (κ2) is 5.88. The van der Waals surface area contributed by atoms with Crippen molar-refractivity contribution >= 4 is 5.69 Å². The molecular formula is C15H24N4. The lowest BCUT2D eigenvalue weighted by Crippen LogP contribution is -2.49. The van der Waals surface area contributed by atoms with E-state index in [0.29, 0.717) is 0 Å². The van der Waals surface area contributed by atoms with Crippen LogP contribution in [0.4, 0.5) is 5.69 Å². The van der Waals surface area contributed by atoms with Gasteiger partial charge < -0.3 is 5.73 Å². The second-order valence-electron chi connectivity index (χ2n) is 5.83. The molecule has 1 saturated heterocycles. The second-order valence-corrected chi connectivity index (χ2v) is 5.83. The number of nitrogens with zero attached hydrogens (tertiary/aromatic N) is 3. The molecule has 2 N–H and O–H groups in total. The van der Waals surface area contributed by atoms with Crippen LogP contribution in [0.1, 0.15) is 31.4 Å². The fourth-order valence-electron chi connectivity index (χ4n) is 3.31. The van der Waals surface area contributed by atoms with Gasteiger partial charge in [-0.2, -0.15) is 0 Å². The first-order chi connectivity index (χ1) is 9.31. The summed E-state index contributed by atoms with van der Waals surface area (Å²) >= 11 is 0. The molecule has 0 radical (unpaired) electrons. The highest BCUT2D eigenvalue weighted by Gasteiger charge is 2.25. The highest BCUT2D eigenvalue weighted by atomic mass is 15.3. The van der Waals surface area contributed by atoms with Crippen LogP contribution in [0.25, 0.3) is 0 Å². The quantitative estimate of drug-likeness (QED) is 0.899. The molecular weight excluding hydrogens is 236 g/mol. The van der Waals surface area contributed by atoms with Crippen molar-refractivity contribution < 1.29 is 0 Å². The largest absolute Gasteiger partial charge is 0.397 e. The molecule has 1 aliphatic heterocycles. The van der Waals surface area contributed by atoms with Gasteiger partial charge in [0.25, 0.3) is 0 Å². The van der Waals surface area contributed by atoms with Gasteiger partial charge in [-0.25, -0.2) is 0 Å². The molecule has 4 nitrogen and oxygen atoms in total. The van der Waals surface area contributed by atoms with Gasteiger partial charge in [0.05, 0.1) is 17.6 Å². The van der Waals surface area contributed by atoms with Gasteiger partial charge in [-0.05, 0) is 25.0 Å². The summed E-state index contributed by atoms with van der Waals surface area (Å²) in [6, 6.07) is 4.85. The van der Waals surface area contributed by atoms with E-state index >= 15 is 0 Å². The number of piperazine rings is 1. The number of rotatable bonds is 3. The van der Waals surface area contributed by atoms with Crippen molar-refractivity contribution in [3.63, 3.8) is 0 Å². The third-order valence-corrected chi connectivity index (χ3v) is 4.48. The topological polar surface area (TPSA) is 45.4 Å². The Bertz CT molecular complexity index is 389. The van der Waals surface area contributed by atoms with Crippen molar-refractivity contribution in [1.82, 2.24) is 14.8 Å². The predicted octanol–water partition coefficient (Wildman–Crippen LogP) is 1.72. The summed E-state index contributed by atoms with van der Waals surface area (Å²) in [7, 11) is 0. The van der Waals surface area contributed by atoms with Crippen LogP contribution in [0.3, 0.4) is 0 Å². The van der Waals surface area contributed by atoms with Gasteiger partial charge in [-0.3, -0.25) is 14.8 Å². The molecule has 2 aliphatic rings. The number of hydrogen-bond donors (Lipinski definition) is 1. The smallest absolute Gasteiger partial charge is 0.0545 e. The van der Waals surface area contributed by atoms with Gasteiger partial charge in [0, 0.05) is 38.8 Å². The van der Waals surface area contributed by atoms with Crippen LogP contribution in [0.15, 0.2) is 18.3 Å². The number of hydrogen-bond acceptors (Lipinski definition) is 4. The Morgan fingerprint density at radius 3 is 2.47 bits per heavy atom. The zero-order valence-electron chi connectivity index (χ0n) is 11.6. The van der Waals surface area contributed by atoms with Crippen molar-refractivity contribution in [2.24, 2.45) is 0 Å². The van der Waals surface area contributed by atoms with E-state index in [9.17, 15) is 0 Å². The van der Waals surface area contributed by atoms with E-state index in [1.807, 2.05) is 12.1 Å². The van der Waals surface area contributed by atoms with Crippen LogP contribution in [0.2, 0.25) is 0 Å². The summed E-state index contributed by atoms with van der Waals surface area (Å²) in [4.78, 5) is 9.59. The van der Waals surface area contributed by atoms with Crippen LogP contribution < -0.4 is 5.73 Å². The third kappa shape index (κ3) is 3.25. The Morgan fingerprint density at radius 2 is 1.84 bits per heavy atom. The van der Waals surface area contributed by atoms with E-state index in [0.717, 1.165) is 24.0 Å². The molecule has 1 aromatic rings. The average Bonchev–Trinajstić information content (AvgIpc) is 2.96. The van der Waals surface area contributed by atoms with E-state index in [1.54, 1.807) is 6.20 Å². The number of anilines is 1.